The van der Waals surface area contributed by atoms with Crippen molar-refractivity contribution in [3.63, 3.8) is 0 Å². The number of carbonyl (C=O) groups is 1. The van der Waals surface area contributed by atoms with Crippen molar-refractivity contribution in [3.05, 3.63) is 60.2 Å². The standard InChI is InChI=1S/C18H14FN5O3/c1-11-9-15(22-26-11)20-16(25)10-24-8-2-3-14(24)18-21-17(23-27-18)12-4-6-13(19)7-5-12/h2-9H,10H2,1H3,(H,20,22,25). The van der Waals surface area contributed by atoms with Crippen molar-refractivity contribution in [1.82, 2.24) is 19.9 Å². The Morgan fingerprint density at radius 1 is 1.19 bits per heavy atom. The summed E-state index contributed by atoms with van der Waals surface area (Å²) >= 11 is 0. The number of rotatable bonds is 5. The van der Waals surface area contributed by atoms with Crippen LogP contribution in [0.1, 0.15) is 5.76 Å². The molecule has 0 fully saturated rings. The first-order chi connectivity index (χ1) is 13.1. The first kappa shape index (κ1) is 16.7. The van der Waals surface area contributed by atoms with Gasteiger partial charge in [-0.25, -0.2) is 4.39 Å². The summed E-state index contributed by atoms with van der Waals surface area (Å²) in [5, 5.41) is 10.3. The van der Waals surface area contributed by atoms with Gasteiger partial charge in [0.15, 0.2) is 5.82 Å². The molecule has 27 heavy (non-hydrogen) atoms. The minimum atomic E-state index is -0.343. The Morgan fingerprint density at radius 3 is 2.74 bits per heavy atom. The Balaban J connectivity index is 1.52. The zero-order valence-corrected chi connectivity index (χ0v) is 14.2. The summed E-state index contributed by atoms with van der Waals surface area (Å²) in [5.41, 5.74) is 1.21. The maximum absolute atomic E-state index is 13.0. The molecule has 0 bridgehead atoms. The Bertz CT molecular complexity index is 1080. The van der Waals surface area contributed by atoms with Gasteiger partial charge in [0.2, 0.25) is 11.7 Å². The quantitative estimate of drug-likeness (QED) is 0.581. The van der Waals surface area contributed by atoms with Gasteiger partial charge in [-0.15, -0.1) is 0 Å². The normalized spacial score (nSPS) is 10.9. The molecule has 4 aromatic rings. The summed E-state index contributed by atoms with van der Waals surface area (Å²) in [5.74, 6) is 0.919. The van der Waals surface area contributed by atoms with Crippen LogP contribution in [0.25, 0.3) is 23.0 Å². The lowest BCUT2D eigenvalue weighted by atomic mass is 10.2. The van der Waals surface area contributed by atoms with Gasteiger partial charge in [-0.3, -0.25) is 4.79 Å². The lowest BCUT2D eigenvalue weighted by molar-refractivity contribution is -0.116. The molecule has 0 aliphatic heterocycles. The van der Waals surface area contributed by atoms with E-state index in [1.54, 1.807) is 48.0 Å². The molecule has 1 aromatic carbocycles. The minimum Gasteiger partial charge on any atom is -0.360 e. The topological polar surface area (TPSA) is 99.0 Å². The third-order valence-electron chi connectivity index (χ3n) is 3.79. The maximum atomic E-state index is 13.0. The lowest BCUT2D eigenvalue weighted by Gasteiger charge is -2.05. The molecule has 0 aliphatic carbocycles. The maximum Gasteiger partial charge on any atom is 0.274 e. The first-order valence-electron chi connectivity index (χ1n) is 8.07. The molecular weight excluding hydrogens is 353 g/mol. The molecule has 3 aromatic heterocycles. The van der Waals surface area contributed by atoms with E-state index < -0.39 is 0 Å². The number of aromatic nitrogens is 4. The Kier molecular flexibility index (Phi) is 4.25. The van der Waals surface area contributed by atoms with Crippen molar-refractivity contribution in [2.45, 2.75) is 13.5 Å². The molecule has 1 N–H and O–H groups in total. The van der Waals surface area contributed by atoms with Gasteiger partial charge in [-0.2, -0.15) is 4.98 Å². The van der Waals surface area contributed by atoms with E-state index in [1.165, 1.54) is 12.1 Å². The molecule has 0 saturated carbocycles. The van der Waals surface area contributed by atoms with Gasteiger partial charge >= 0.3 is 0 Å². The smallest absolute Gasteiger partial charge is 0.274 e. The number of nitrogens with zero attached hydrogens (tertiary/aromatic N) is 4. The second-order valence-corrected chi connectivity index (χ2v) is 5.82. The van der Waals surface area contributed by atoms with Gasteiger partial charge in [-0.1, -0.05) is 10.3 Å². The molecule has 8 nitrogen and oxygen atoms in total. The second kappa shape index (κ2) is 6.87. The molecule has 136 valence electrons. The van der Waals surface area contributed by atoms with Crippen molar-refractivity contribution in [3.8, 4) is 23.0 Å². The van der Waals surface area contributed by atoms with Crippen LogP contribution in [0.4, 0.5) is 10.2 Å². The van der Waals surface area contributed by atoms with E-state index in [1.807, 2.05) is 0 Å². The van der Waals surface area contributed by atoms with Crippen molar-refractivity contribution in [2.75, 3.05) is 5.32 Å². The number of benzene rings is 1. The second-order valence-electron chi connectivity index (χ2n) is 5.82. The SMILES string of the molecule is Cc1cc(NC(=O)Cn2cccc2-c2nc(-c3ccc(F)cc3)no2)no1. The zero-order valence-electron chi connectivity index (χ0n) is 14.2. The number of amides is 1. The predicted octanol–water partition coefficient (Wildman–Crippen LogP) is 3.28. The fourth-order valence-corrected chi connectivity index (χ4v) is 2.55. The molecule has 9 heteroatoms. The first-order valence-corrected chi connectivity index (χ1v) is 8.07. The number of hydrogen-bond donors (Lipinski definition) is 1. The Hall–Kier alpha value is -3.75. The lowest BCUT2D eigenvalue weighted by Crippen LogP contribution is -2.19. The molecule has 0 atom stereocenters. The van der Waals surface area contributed by atoms with Crippen LogP contribution >= 0.6 is 0 Å². The van der Waals surface area contributed by atoms with Crippen LogP contribution in [-0.4, -0.2) is 25.8 Å². The monoisotopic (exact) mass is 367 g/mol. The molecule has 0 unspecified atom stereocenters. The number of carbonyl (C=O) groups excluding carboxylic acids is 1. The van der Waals surface area contributed by atoms with Gasteiger partial charge in [0.25, 0.3) is 5.89 Å². The molecule has 0 radical (unpaired) electrons. The van der Waals surface area contributed by atoms with E-state index in [2.05, 4.69) is 20.6 Å². The fourth-order valence-electron chi connectivity index (χ4n) is 2.55. The van der Waals surface area contributed by atoms with Crippen LogP contribution in [0.5, 0.6) is 0 Å². The van der Waals surface area contributed by atoms with Crippen LogP contribution < -0.4 is 5.32 Å². The molecule has 1 amide bonds. The number of halogens is 1. The molecule has 0 aliphatic rings. The molecule has 3 heterocycles. The van der Waals surface area contributed by atoms with E-state index in [0.717, 1.165) is 0 Å². The van der Waals surface area contributed by atoms with Crippen LogP contribution in [0, 0.1) is 12.7 Å². The van der Waals surface area contributed by atoms with Gasteiger partial charge in [-0.05, 0) is 43.3 Å². The van der Waals surface area contributed by atoms with E-state index >= 15 is 0 Å². The summed E-state index contributed by atoms with van der Waals surface area (Å²) in [4.78, 5) is 16.5. The van der Waals surface area contributed by atoms with Gasteiger partial charge < -0.3 is 18.9 Å². The number of nitrogens with one attached hydrogen (secondary N) is 1. The summed E-state index contributed by atoms with van der Waals surface area (Å²) in [6.45, 7) is 1.77. The Morgan fingerprint density at radius 2 is 2.00 bits per heavy atom. The van der Waals surface area contributed by atoms with Crippen LogP contribution in [0.2, 0.25) is 0 Å². The summed E-state index contributed by atoms with van der Waals surface area (Å²) in [6.07, 6.45) is 1.73. The van der Waals surface area contributed by atoms with Crippen molar-refractivity contribution in [1.29, 1.82) is 0 Å². The van der Waals surface area contributed by atoms with Gasteiger partial charge in [0, 0.05) is 17.8 Å². The number of hydrogen-bond acceptors (Lipinski definition) is 6. The van der Waals surface area contributed by atoms with Gasteiger partial charge in [0.1, 0.15) is 23.8 Å². The predicted molar refractivity (Wildman–Crippen MR) is 93.0 cm³/mol. The van der Waals surface area contributed by atoms with E-state index in [-0.39, 0.29) is 24.2 Å². The highest BCUT2D eigenvalue weighted by Crippen LogP contribution is 2.23. The van der Waals surface area contributed by atoms with E-state index in [0.29, 0.717) is 28.7 Å². The van der Waals surface area contributed by atoms with Crippen LogP contribution in [0.3, 0.4) is 0 Å². The average Bonchev–Trinajstić information content (AvgIpc) is 3.37. The van der Waals surface area contributed by atoms with Crippen molar-refractivity contribution < 1.29 is 18.2 Å². The average molecular weight is 367 g/mol. The number of aryl methyl sites for hydroxylation is 1. The molecule has 4 rings (SSSR count). The highest BCUT2D eigenvalue weighted by Gasteiger charge is 2.16. The third kappa shape index (κ3) is 3.61. The van der Waals surface area contributed by atoms with E-state index in [4.69, 9.17) is 9.05 Å². The van der Waals surface area contributed by atoms with Crippen LogP contribution in [0.15, 0.2) is 57.7 Å². The molecular formula is C18H14FN5O3. The largest absolute Gasteiger partial charge is 0.360 e. The van der Waals surface area contributed by atoms with Gasteiger partial charge in [0.05, 0.1) is 0 Å². The minimum absolute atomic E-state index is 0.0303. The highest BCUT2D eigenvalue weighted by molar-refractivity contribution is 5.89. The third-order valence-corrected chi connectivity index (χ3v) is 3.79. The highest BCUT2D eigenvalue weighted by atomic mass is 19.1. The summed E-state index contributed by atoms with van der Waals surface area (Å²) in [7, 11) is 0. The van der Waals surface area contributed by atoms with E-state index in [9.17, 15) is 9.18 Å². The zero-order chi connectivity index (χ0) is 18.8. The summed E-state index contributed by atoms with van der Waals surface area (Å²) in [6, 6.07) is 10.9. The molecule has 0 saturated heterocycles. The molecule has 0 spiro atoms. The summed E-state index contributed by atoms with van der Waals surface area (Å²) < 4.78 is 24.9. The number of anilines is 1. The van der Waals surface area contributed by atoms with Crippen LogP contribution in [-0.2, 0) is 11.3 Å². The Labute approximate surface area is 152 Å². The fraction of sp³-hybridized carbons (Fsp3) is 0.111. The van der Waals surface area contributed by atoms with Crippen molar-refractivity contribution in [2.24, 2.45) is 0 Å². The van der Waals surface area contributed by atoms with Crippen molar-refractivity contribution >= 4 is 11.7 Å².